The zero-order valence-electron chi connectivity index (χ0n) is 50.3. The number of phenolic OH excluding ortho intramolecular Hbond substituents is 2. The van der Waals surface area contributed by atoms with Crippen LogP contribution in [0.5, 0.6) is 11.5 Å². The molecule has 2 saturated heterocycles. The summed E-state index contributed by atoms with van der Waals surface area (Å²) in [5.74, 6) is -7.04. The Morgan fingerprint density at radius 1 is 0.658 bits per heavy atom. The van der Waals surface area contributed by atoms with Gasteiger partial charge in [-0.2, -0.15) is 0 Å². The molecule has 0 bridgehead atoms. The van der Waals surface area contributed by atoms with Crippen LogP contribution in [0.15, 0.2) is 60.2 Å². The molecule has 2 aromatic carbocycles. The molecule has 0 spiro atoms. The number of halogens is 2. The van der Waals surface area contributed by atoms with Gasteiger partial charge in [-0.05, 0) is 145 Å². The van der Waals surface area contributed by atoms with Crippen molar-refractivity contribution in [2.75, 3.05) is 22.9 Å². The summed E-state index contributed by atoms with van der Waals surface area (Å²) in [6.07, 6.45) is 3.04. The summed E-state index contributed by atoms with van der Waals surface area (Å²) >= 11 is 0. The molecular weight excluding hydrogens is 1030 g/mol. The Morgan fingerprint density at radius 2 is 1.03 bits per heavy atom. The van der Waals surface area contributed by atoms with Gasteiger partial charge in [-0.1, -0.05) is 52.5 Å². The van der Waals surface area contributed by atoms with Crippen LogP contribution in [0.2, 0.25) is 0 Å². The summed E-state index contributed by atoms with van der Waals surface area (Å²) in [6.45, 7) is 30.0. The molecule has 2 fully saturated rings. The van der Waals surface area contributed by atoms with Crippen LogP contribution in [0.3, 0.4) is 0 Å². The minimum Gasteiger partial charge on any atom is -0.507 e. The van der Waals surface area contributed by atoms with E-state index < -0.39 is 113 Å². The van der Waals surface area contributed by atoms with Gasteiger partial charge in [0, 0.05) is 45.9 Å². The van der Waals surface area contributed by atoms with Gasteiger partial charge in [0.15, 0.2) is 11.6 Å². The number of rotatable bonds is 4. The van der Waals surface area contributed by atoms with Gasteiger partial charge in [-0.15, -0.1) is 0 Å². The van der Waals surface area contributed by atoms with Gasteiger partial charge in [0.1, 0.15) is 69.9 Å². The molecule has 442 valence electrons. The van der Waals surface area contributed by atoms with Crippen molar-refractivity contribution in [2.45, 2.75) is 203 Å². The fraction of sp³-hybridized carbons (Fsp3) is 0.600. The number of esters is 2. The zero-order chi connectivity index (χ0) is 60.6. The second-order valence-corrected chi connectivity index (χ2v) is 23.1. The molecule has 3 N–H and O–H groups in total. The van der Waals surface area contributed by atoms with Gasteiger partial charge in [-0.25, -0.2) is 28.0 Å². The lowest BCUT2D eigenvalue weighted by Gasteiger charge is -2.27. The Morgan fingerprint density at radius 3 is 1.41 bits per heavy atom. The first-order chi connectivity index (χ1) is 37.0. The van der Waals surface area contributed by atoms with Gasteiger partial charge in [0.05, 0.1) is 29.7 Å². The number of nitrogens with zero attached hydrogens (tertiary/aromatic N) is 2. The molecule has 0 saturated carbocycles. The maximum Gasteiger partial charge on any atom is 0.414 e. The molecule has 17 nitrogen and oxygen atoms in total. The fourth-order valence-corrected chi connectivity index (χ4v) is 9.20. The van der Waals surface area contributed by atoms with E-state index in [0.717, 1.165) is 0 Å². The molecule has 79 heavy (non-hydrogen) atoms. The summed E-state index contributed by atoms with van der Waals surface area (Å²) in [5.41, 5.74) is -0.257. The molecule has 10 atom stereocenters. The number of fused-ring (bicyclic) bond motifs is 4. The van der Waals surface area contributed by atoms with Crippen LogP contribution in [0.4, 0.5) is 29.7 Å². The SMILES string of the molecule is C.CCN(C(=O)OC(C)(C)C)c1cc(O)c2c(c1)/C=C/C[C@@H]1OC(C)(C)O[C@@H]1[C@H](C)/C(F)=C\[C@@H](C)[C@H](C)OC2=O.CCN(C(=O)OC(C)(C)C)c1cc(O)c2c(c1)/C=C/C[C@@H]1OC(C)(C)O[C@@H]1[C@H](O)/C(F)=C\[C@@H](C)[C@H](C)OC2=O.[2H][2H]. The second-order valence-electron chi connectivity index (χ2n) is 23.1. The molecule has 0 unspecified atom stereocenters. The Balaban J connectivity index is 0.000000408. The monoisotopic (exact) mass is 1120 g/mol. The number of cyclic esters (lactones) is 2. The minimum absolute atomic E-state index is 0. The molecular formula is C60H88F2N2O15. The standard InChI is InChI=1S/C30H42FNO7.C29H40FNO8.CH4.H2/c1-10-32(28(35)39-29(5,6)7)21-15-20-12-11-13-24-26(38-30(8,9)37-24)18(3)22(31)14-17(2)19(4)36-27(34)25(20)23(33)16-21;1-9-31(27(35)39-28(4,5)6)19-14-18-11-10-12-22-25(38-29(7,8)37-22)24(33)20(30)13-16(2)17(3)36-26(34)23(18)21(32)15-19;;/h11-12,14-19,24,26,33H,10,13H2,1-9H3;10-11,13-17,22,24-25,32-33H,9,12H2,1-8H3;1H4;1H/b12-11+,22-14+;11-10+,20-13+;;/t17-,18-,19+,24+,26-;16-,17+,22+,24-,25+;;/m11../s1/i;;;1+1D. The minimum atomic E-state index is -1.58. The average Bonchev–Trinajstić information content (AvgIpc) is 3.82. The largest absolute Gasteiger partial charge is 0.507 e. The van der Waals surface area contributed by atoms with E-state index in [0.29, 0.717) is 28.9 Å². The maximum atomic E-state index is 15.3. The van der Waals surface area contributed by atoms with Crippen LogP contribution >= 0.6 is 0 Å². The lowest BCUT2D eigenvalue weighted by Crippen LogP contribution is -2.37. The molecule has 4 aliphatic rings. The van der Waals surface area contributed by atoms with Gasteiger partial charge < -0.3 is 53.2 Å². The molecule has 19 heteroatoms. The van der Waals surface area contributed by atoms with Crippen molar-refractivity contribution in [3.63, 3.8) is 0 Å². The van der Waals surface area contributed by atoms with Crippen molar-refractivity contribution < 1.29 is 84.1 Å². The summed E-state index contributed by atoms with van der Waals surface area (Å²) < 4.78 is 86.5. The summed E-state index contributed by atoms with van der Waals surface area (Å²) in [4.78, 5) is 54.9. The number of aliphatic hydroxyl groups is 1. The van der Waals surface area contributed by atoms with Gasteiger partial charge >= 0.3 is 24.1 Å². The lowest BCUT2D eigenvalue weighted by molar-refractivity contribution is -0.153. The van der Waals surface area contributed by atoms with Crippen LogP contribution in [-0.4, -0.2) is 118 Å². The van der Waals surface area contributed by atoms with Crippen molar-refractivity contribution in [1.29, 1.82) is 0 Å². The zero-order valence-corrected chi connectivity index (χ0v) is 48.3. The third-order valence-electron chi connectivity index (χ3n) is 13.4. The van der Waals surface area contributed by atoms with E-state index in [1.165, 1.54) is 34.1 Å². The van der Waals surface area contributed by atoms with Gasteiger partial charge in [0.2, 0.25) is 0 Å². The first-order valence-electron chi connectivity index (χ1n) is 27.7. The number of aliphatic hydroxyl groups excluding tert-OH is 1. The summed E-state index contributed by atoms with van der Waals surface area (Å²) in [5, 5.41) is 32.7. The Kier molecular flexibility index (Phi) is 21.2. The number of amides is 2. The number of ether oxygens (including phenoxy) is 8. The Labute approximate surface area is 468 Å². The molecule has 2 amide bonds. The summed E-state index contributed by atoms with van der Waals surface area (Å²) in [7, 11) is 0. The number of hydrogen-bond donors (Lipinski definition) is 3. The van der Waals surface area contributed by atoms with Crippen LogP contribution in [0.25, 0.3) is 12.2 Å². The second kappa shape index (κ2) is 26.2. The Bertz CT molecular complexity index is 2470. The maximum absolute atomic E-state index is 15.3. The highest BCUT2D eigenvalue weighted by molar-refractivity contribution is 6.00. The highest BCUT2D eigenvalue weighted by atomic mass is 19.1. The average molecular weight is 1120 g/mol. The van der Waals surface area contributed by atoms with Crippen LogP contribution < -0.4 is 9.80 Å². The molecule has 2 aromatic rings. The predicted octanol–water partition coefficient (Wildman–Crippen LogP) is 13.1. The number of hydrogen-bond acceptors (Lipinski definition) is 15. The van der Waals surface area contributed by atoms with Gasteiger partial charge in [-0.3, -0.25) is 9.80 Å². The van der Waals surface area contributed by atoms with Gasteiger partial charge in [0.25, 0.3) is 0 Å². The van der Waals surface area contributed by atoms with E-state index in [9.17, 15) is 34.5 Å². The number of carbonyl (C=O) groups is 4. The summed E-state index contributed by atoms with van der Waals surface area (Å²) in [6, 6.07) is 5.87. The topological polar surface area (TPSA) is 209 Å². The van der Waals surface area contributed by atoms with E-state index in [1.54, 1.807) is 154 Å². The van der Waals surface area contributed by atoms with Crippen molar-refractivity contribution in [3.8, 4) is 11.5 Å². The first kappa shape index (κ1) is 64.0. The molecule has 4 heterocycles. The quantitative estimate of drug-likeness (QED) is 0.192. The predicted molar refractivity (Wildman–Crippen MR) is 300 cm³/mol. The highest BCUT2D eigenvalue weighted by Crippen LogP contribution is 2.40. The highest BCUT2D eigenvalue weighted by Gasteiger charge is 2.47. The van der Waals surface area contributed by atoms with Crippen LogP contribution in [0, 0.1) is 17.8 Å². The van der Waals surface area contributed by atoms with Crippen molar-refractivity contribution in [1.82, 2.24) is 0 Å². The molecule has 0 aromatic heterocycles. The van der Waals surface area contributed by atoms with Crippen molar-refractivity contribution in [2.24, 2.45) is 17.8 Å². The van der Waals surface area contributed by atoms with E-state index >= 15 is 8.78 Å². The molecule has 6 rings (SSSR count). The van der Waals surface area contributed by atoms with Crippen molar-refractivity contribution >= 4 is 47.7 Å². The number of anilines is 2. The van der Waals surface area contributed by atoms with E-state index in [1.807, 2.05) is 0 Å². The number of carbonyl (C=O) groups excluding carboxylic acids is 4. The number of benzene rings is 2. The first-order valence-corrected chi connectivity index (χ1v) is 26.7. The van der Waals surface area contributed by atoms with Crippen LogP contribution in [0.1, 0.15) is 173 Å². The number of phenols is 2. The smallest absolute Gasteiger partial charge is 0.414 e. The Hall–Kier alpha value is -5.86. The third-order valence-corrected chi connectivity index (χ3v) is 13.4. The van der Waals surface area contributed by atoms with E-state index in [2.05, 4.69) is 0 Å². The number of aromatic hydroxyl groups is 2. The third kappa shape index (κ3) is 17.1. The molecule has 0 aliphatic carbocycles. The van der Waals surface area contributed by atoms with Crippen LogP contribution in [-0.2, 0) is 37.9 Å². The van der Waals surface area contributed by atoms with E-state index in [-0.39, 0.29) is 55.4 Å². The molecule has 0 radical (unpaired) electrons. The lowest BCUT2D eigenvalue weighted by atomic mass is 9.93. The fourth-order valence-electron chi connectivity index (χ4n) is 9.20. The van der Waals surface area contributed by atoms with Crippen molar-refractivity contribution in [3.05, 3.63) is 82.5 Å². The molecule has 4 aliphatic heterocycles. The normalized spacial score (nSPS) is 29.4. The van der Waals surface area contributed by atoms with E-state index in [4.69, 9.17) is 40.9 Å².